The number of carbonyl (C=O) groups is 1. The van der Waals surface area contributed by atoms with E-state index in [1.54, 1.807) is 0 Å². The third-order valence-electron chi connectivity index (χ3n) is 3.10. The molecule has 0 aliphatic heterocycles. The predicted molar refractivity (Wildman–Crippen MR) is 72.8 cm³/mol. The van der Waals surface area contributed by atoms with Crippen LogP contribution in [0, 0.1) is 5.92 Å². The van der Waals surface area contributed by atoms with Gasteiger partial charge in [-0.2, -0.15) is 0 Å². The standard InChI is InChI=1S/C13H29N3O/c1-5-16(6-2)10-12(4)15-13(17)11(3)8-7-9-14/h11-12H,5-10,14H2,1-4H3,(H,15,17). The summed E-state index contributed by atoms with van der Waals surface area (Å²) in [5, 5.41) is 3.07. The molecule has 0 aromatic carbocycles. The van der Waals surface area contributed by atoms with Gasteiger partial charge in [0.15, 0.2) is 0 Å². The number of nitrogens with zero attached hydrogens (tertiary/aromatic N) is 1. The molecule has 0 bridgehead atoms. The molecule has 0 radical (unpaired) electrons. The van der Waals surface area contributed by atoms with Crippen molar-refractivity contribution in [2.75, 3.05) is 26.2 Å². The van der Waals surface area contributed by atoms with Gasteiger partial charge in [0.2, 0.25) is 5.91 Å². The van der Waals surface area contributed by atoms with Crippen molar-refractivity contribution < 1.29 is 4.79 Å². The predicted octanol–water partition coefficient (Wildman–Crippen LogP) is 1.21. The van der Waals surface area contributed by atoms with Crippen LogP contribution < -0.4 is 11.1 Å². The van der Waals surface area contributed by atoms with Gasteiger partial charge in [-0.15, -0.1) is 0 Å². The number of hydrogen-bond donors (Lipinski definition) is 2. The van der Waals surface area contributed by atoms with E-state index in [4.69, 9.17) is 5.73 Å². The van der Waals surface area contributed by atoms with E-state index in [0.717, 1.165) is 32.5 Å². The van der Waals surface area contributed by atoms with Gasteiger partial charge in [-0.1, -0.05) is 20.8 Å². The first kappa shape index (κ1) is 16.4. The van der Waals surface area contributed by atoms with Crippen LogP contribution in [0.5, 0.6) is 0 Å². The third kappa shape index (κ3) is 7.34. The Kier molecular flexibility index (Phi) is 9.09. The number of rotatable bonds is 9. The molecular weight excluding hydrogens is 214 g/mol. The maximum Gasteiger partial charge on any atom is 0.223 e. The fourth-order valence-electron chi connectivity index (χ4n) is 1.85. The van der Waals surface area contributed by atoms with E-state index >= 15 is 0 Å². The second-order valence-electron chi connectivity index (χ2n) is 4.73. The lowest BCUT2D eigenvalue weighted by Gasteiger charge is -2.24. The quantitative estimate of drug-likeness (QED) is 0.640. The normalized spacial score (nSPS) is 14.7. The Morgan fingerprint density at radius 1 is 1.29 bits per heavy atom. The summed E-state index contributed by atoms with van der Waals surface area (Å²) >= 11 is 0. The van der Waals surface area contributed by atoms with Crippen molar-refractivity contribution in [3.63, 3.8) is 0 Å². The summed E-state index contributed by atoms with van der Waals surface area (Å²) in [4.78, 5) is 14.2. The minimum atomic E-state index is 0.0673. The van der Waals surface area contributed by atoms with E-state index in [2.05, 4.69) is 31.0 Å². The monoisotopic (exact) mass is 243 g/mol. The Balaban J connectivity index is 3.93. The van der Waals surface area contributed by atoms with E-state index in [9.17, 15) is 4.79 Å². The third-order valence-corrected chi connectivity index (χ3v) is 3.10. The van der Waals surface area contributed by atoms with Crippen LogP contribution >= 0.6 is 0 Å². The van der Waals surface area contributed by atoms with Gasteiger partial charge in [0.1, 0.15) is 0 Å². The summed E-state index contributed by atoms with van der Waals surface area (Å²) in [6.07, 6.45) is 1.79. The molecular formula is C13H29N3O. The first-order valence-electron chi connectivity index (χ1n) is 6.77. The van der Waals surface area contributed by atoms with Gasteiger partial charge in [0, 0.05) is 18.5 Å². The molecule has 2 atom stereocenters. The fourth-order valence-corrected chi connectivity index (χ4v) is 1.85. The number of amides is 1. The molecule has 3 N–H and O–H groups in total. The Hall–Kier alpha value is -0.610. The zero-order valence-electron chi connectivity index (χ0n) is 11.8. The topological polar surface area (TPSA) is 58.4 Å². The minimum Gasteiger partial charge on any atom is -0.352 e. The van der Waals surface area contributed by atoms with E-state index < -0.39 is 0 Å². The molecule has 0 rings (SSSR count). The molecule has 0 spiro atoms. The molecule has 0 aliphatic carbocycles. The van der Waals surface area contributed by atoms with Crippen molar-refractivity contribution in [2.24, 2.45) is 11.7 Å². The van der Waals surface area contributed by atoms with Crippen molar-refractivity contribution in [3.05, 3.63) is 0 Å². The molecule has 17 heavy (non-hydrogen) atoms. The van der Waals surface area contributed by atoms with Crippen molar-refractivity contribution in [2.45, 2.75) is 46.6 Å². The lowest BCUT2D eigenvalue weighted by atomic mass is 10.0. The van der Waals surface area contributed by atoms with Crippen LogP contribution in [-0.4, -0.2) is 43.0 Å². The van der Waals surface area contributed by atoms with Gasteiger partial charge in [0.05, 0.1) is 0 Å². The van der Waals surface area contributed by atoms with Crippen LogP contribution in [0.4, 0.5) is 0 Å². The summed E-state index contributed by atoms with van der Waals surface area (Å²) in [7, 11) is 0. The molecule has 0 aliphatic rings. The minimum absolute atomic E-state index is 0.0673. The lowest BCUT2D eigenvalue weighted by Crippen LogP contribution is -2.43. The molecule has 0 aromatic heterocycles. The SMILES string of the molecule is CCN(CC)CC(C)NC(=O)C(C)CCCN. The van der Waals surface area contributed by atoms with Crippen LogP contribution in [0.3, 0.4) is 0 Å². The van der Waals surface area contributed by atoms with Crippen LogP contribution in [-0.2, 0) is 4.79 Å². The molecule has 0 heterocycles. The van der Waals surface area contributed by atoms with Gasteiger partial charge in [0.25, 0.3) is 0 Å². The number of likely N-dealkylation sites (N-methyl/N-ethyl adjacent to an activating group) is 1. The first-order valence-corrected chi connectivity index (χ1v) is 6.77. The molecule has 0 saturated carbocycles. The number of hydrogen-bond acceptors (Lipinski definition) is 3. The van der Waals surface area contributed by atoms with Gasteiger partial charge < -0.3 is 16.0 Å². The van der Waals surface area contributed by atoms with Gasteiger partial charge >= 0.3 is 0 Å². The Bertz CT molecular complexity index is 205. The zero-order chi connectivity index (χ0) is 13.3. The Morgan fingerprint density at radius 2 is 1.88 bits per heavy atom. The van der Waals surface area contributed by atoms with E-state index in [0.29, 0.717) is 6.54 Å². The summed E-state index contributed by atoms with van der Waals surface area (Å²) in [6, 6.07) is 0.211. The second-order valence-corrected chi connectivity index (χ2v) is 4.73. The highest BCUT2D eigenvalue weighted by Gasteiger charge is 2.15. The van der Waals surface area contributed by atoms with Crippen molar-refractivity contribution >= 4 is 5.91 Å². The molecule has 4 heteroatoms. The Morgan fingerprint density at radius 3 is 2.35 bits per heavy atom. The molecule has 1 amide bonds. The summed E-state index contributed by atoms with van der Waals surface area (Å²) in [5.41, 5.74) is 5.44. The smallest absolute Gasteiger partial charge is 0.223 e. The number of carbonyl (C=O) groups excluding carboxylic acids is 1. The van der Waals surface area contributed by atoms with Crippen molar-refractivity contribution in [3.8, 4) is 0 Å². The Labute approximate surface area is 106 Å². The van der Waals surface area contributed by atoms with E-state index in [-0.39, 0.29) is 17.9 Å². The summed E-state index contributed by atoms with van der Waals surface area (Å²) < 4.78 is 0. The molecule has 0 saturated heterocycles. The van der Waals surface area contributed by atoms with Crippen LogP contribution in [0.25, 0.3) is 0 Å². The number of nitrogens with one attached hydrogen (secondary N) is 1. The largest absolute Gasteiger partial charge is 0.352 e. The zero-order valence-corrected chi connectivity index (χ0v) is 11.8. The maximum atomic E-state index is 11.8. The van der Waals surface area contributed by atoms with Crippen LogP contribution in [0.1, 0.15) is 40.5 Å². The average molecular weight is 243 g/mol. The molecule has 2 unspecified atom stereocenters. The maximum absolute atomic E-state index is 11.8. The molecule has 102 valence electrons. The highest BCUT2D eigenvalue weighted by Crippen LogP contribution is 2.05. The van der Waals surface area contributed by atoms with E-state index in [1.807, 2.05) is 6.92 Å². The van der Waals surface area contributed by atoms with Crippen molar-refractivity contribution in [1.29, 1.82) is 0 Å². The summed E-state index contributed by atoms with van der Waals surface area (Å²) in [5.74, 6) is 0.218. The molecule has 4 nitrogen and oxygen atoms in total. The fraction of sp³-hybridized carbons (Fsp3) is 0.923. The van der Waals surface area contributed by atoms with E-state index in [1.165, 1.54) is 0 Å². The van der Waals surface area contributed by atoms with Crippen molar-refractivity contribution in [1.82, 2.24) is 10.2 Å². The van der Waals surface area contributed by atoms with Crippen LogP contribution in [0.2, 0.25) is 0 Å². The average Bonchev–Trinajstić information content (AvgIpc) is 2.32. The van der Waals surface area contributed by atoms with Gasteiger partial charge in [-0.3, -0.25) is 4.79 Å². The van der Waals surface area contributed by atoms with Crippen LogP contribution in [0.15, 0.2) is 0 Å². The van der Waals surface area contributed by atoms with Gasteiger partial charge in [-0.25, -0.2) is 0 Å². The summed E-state index contributed by atoms with van der Waals surface area (Å²) in [6.45, 7) is 11.9. The second kappa shape index (κ2) is 9.42. The molecule has 0 fully saturated rings. The lowest BCUT2D eigenvalue weighted by molar-refractivity contribution is -0.125. The number of nitrogens with two attached hydrogens (primary N) is 1. The highest BCUT2D eigenvalue weighted by molar-refractivity contribution is 5.78. The highest BCUT2D eigenvalue weighted by atomic mass is 16.1. The first-order chi connectivity index (χ1) is 8.04. The molecule has 0 aromatic rings. The van der Waals surface area contributed by atoms with Gasteiger partial charge in [-0.05, 0) is 39.4 Å².